The van der Waals surface area contributed by atoms with Crippen LogP contribution in [0, 0.1) is 0 Å². The summed E-state index contributed by atoms with van der Waals surface area (Å²) >= 11 is 12.4. The lowest BCUT2D eigenvalue weighted by Crippen LogP contribution is -2.45. The van der Waals surface area contributed by atoms with E-state index in [1.165, 1.54) is 12.1 Å². The Labute approximate surface area is 184 Å². The highest BCUT2D eigenvalue weighted by Crippen LogP contribution is 2.36. The van der Waals surface area contributed by atoms with Gasteiger partial charge in [0.15, 0.2) is 0 Å². The van der Waals surface area contributed by atoms with Crippen LogP contribution in [0.1, 0.15) is 17.2 Å². The van der Waals surface area contributed by atoms with Crippen LogP contribution in [0.15, 0.2) is 42.5 Å². The van der Waals surface area contributed by atoms with Crippen molar-refractivity contribution in [3.05, 3.63) is 63.6 Å². The second-order valence-electron chi connectivity index (χ2n) is 5.97. The van der Waals surface area contributed by atoms with Crippen molar-refractivity contribution < 1.29 is 17.9 Å². The second-order valence-corrected chi connectivity index (χ2v) is 6.81. The molecule has 0 spiro atoms. The van der Waals surface area contributed by atoms with Crippen molar-refractivity contribution >= 4 is 48.0 Å². The van der Waals surface area contributed by atoms with Gasteiger partial charge in [0.1, 0.15) is 5.75 Å². The van der Waals surface area contributed by atoms with Crippen molar-refractivity contribution in [1.29, 1.82) is 0 Å². The molecule has 3 rings (SSSR count). The van der Waals surface area contributed by atoms with Gasteiger partial charge < -0.3 is 10.1 Å². The van der Waals surface area contributed by atoms with Gasteiger partial charge in [-0.05, 0) is 35.4 Å². The van der Waals surface area contributed by atoms with Crippen LogP contribution in [0.3, 0.4) is 0 Å². The van der Waals surface area contributed by atoms with Crippen LogP contribution in [0.5, 0.6) is 5.75 Å². The predicted octanol–water partition coefficient (Wildman–Crippen LogP) is 5.73. The Morgan fingerprint density at radius 1 is 0.964 bits per heavy atom. The maximum Gasteiger partial charge on any atom is 0.573 e. The van der Waals surface area contributed by atoms with Crippen LogP contribution in [0.4, 0.5) is 13.2 Å². The fourth-order valence-electron chi connectivity index (χ4n) is 3.10. The Kier molecular flexibility index (Phi) is 9.67. The molecule has 0 saturated carbocycles. The minimum Gasteiger partial charge on any atom is -0.406 e. The molecule has 1 atom stereocenters. The average molecular weight is 478 g/mol. The smallest absolute Gasteiger partial charge is 0.406 e. The highest BCUT2D eigenvalue weighted by molar-refractivity contribution is 6.35. The van der Waals surface area contributed by atoms with Crippen LogP contribution in [0.2, 0.25) is 10.0 Å². The van der Waals surface area contributed by atoms with Crippen molar-refractivity contribution in [1.82, 2.24) is 10.2 Å². The number of nitrogens with zero attached hydrogens (tertiary/aromatic N) is 1. The molecule has 1 saturated heterocycles. The van der Waals surface area contributed by atoms with Gasteiger partial charge in [-0.15, -0.1) is 38.0 Å². The van der Waals surface area contributed by atoms with Gasteiger partial charge in [0, 0.05) is 36.2 Å². The van der Waals surface area contributed by atoms with E-state index >= 15 is 0 Å². The lowest BCUT2D eigenvalue weighted by atomic mass is 9.96. The fraction of sp³-hybridized carbons (Fsp3) is 0.333. The van der Waals surface area contributed by atoms with E-state index in [4.69, 9.17) is 23.2 Å². The predicted molar refractivity (Wildman–Crippen MR) is 110 cm³/mol. The molecule has 28 heavy (non-hydrogen) atoms. The molecular weight excluding hydrogens is 459 g/mol. The van der Waals surface area contributed by atoms with E-state index in [1.807, 2.05) is 6.07 Å². The molecule has 1 N–H and O–H groups in total. The van der Waals surface area contributed by atoms with Gasteiger partial charge in [0.25, 0.3) is 0 Å². The molecule has 0 radical (unpaired) electrons. The summed E-state index contributed by atoms with van der Waals surface area (Å²) < 4.78 is 41.1. The molecule has 10 heteroatoms. The molecule has 0 bridgehead atoms. The van der Waals surface area contributed by atoms with Gasteiger partial charge in [0.2, 0.25) is 0 Å². The third-order valence-electron chi connectivity index (χ3n) is 4.20. The number of nitrogens with one attached hydrogen (secondary N) is 1. The third kappa shape index (κ3) is 6.58. The van der Waals surface area contributed by atoms with E-state index in [0.717, 1.165) is 37.3 Å². The highest BCUT2D eigenvalue weighted by Gasteiger charge is 2.31. The van der Waals surface area contributed by atoms with E-state index in [9.17, 15) is 13.2 Å². The summed E-state index contributed by atoms with van der Waals surface area (Å²) in [5.74, 6) is -0.248. The minimum atomic E-state index is -4.71. The topological polar surface area (TPSA) is 24.5 Å². The molecule has 3 nitrogen and oxygen atoms in total. The molecule has 1 aliphatic heterocycles. The van der Waals surface area contributed by atoms with Crippen molar-refractivity contribution in [2.75, 3.05) is 26.2 Å². The van der Waals surface area contributed by atoms with E-state index in [-0.39, 0.29) is 36.6 Å². The summed E-state index contributed by atoms with van der Waals surface area (Å²) in [6.45, 7) is 3.25. The van der Waals surface area contributed by atoms with E-state index < -0.39 is 6.36 Å². The molecule has 1 aliphatic rings. The van der Waals surface area contributed by atoms with E-state index in [2.05, 4.69) is 15.0 Å². The Balaban J connectivity index is 0.00000196. The minimum absolute atomic E-state index is 0. The molecule has 0 aliphatic carbocycles. The number of hydrogen-bond donors (Lipinski definition) is 1. The van der Waals surface area contributed by atoms with Crippen molar-refractivity contribution in [2.45, 2.75) is 12.4 Å². The fourth-order valence-corrected chi connectivity index (χ4v) is 3.61. The van der Waals surface area contributed by atoms with E-state index in [1.54, 1.807) is 24.3 Å². The first-order valence-corrected chi connectivity index (χ1v) is 8.84. The summed E-state index contributed by atoms with van der Waals surface area (Å²) in [6, 6.07) is 11.0. The number of alkyl halides is 3. The summed E-state index contributed by atoms with van der Waals surface area (Å²) in [7, 11) is 0. The Morgan fingerprint density at radius 3 is 2.11 bits per heavy atom. The largest absolute Gasteiger partial charge is 0.573 e. The zero-order chi connectivity index (χ0) is 18.7. The van der Waals surface area contributed by atoms with Crippen LogP contribution in [-0.2, 0) is 0 Å². The van der Waals surface area contributed by atoms with Crippen molar-refractivity contribution in [2.24, 2.45) is 0 Å². The van der Waals surface area contributed by atoms with Gasteiger partial charge in [0.05, 0.1) is 6.04 Å². The molecule has 2 aromatic rings. The maximum absolute atomic E-state index is 12.4. The molecule has 2 aromatic carbocycles. The molecule has 0 unspecified atom stereocenters. The monoisotopic (exact) mass is 476 g/mol. The number of halogens is 7. The molecule has 156 valence electrons. The van der Waals surface area contributed by atoms with Gasteiger partial charge in [-0.25, -0.2) is 0 Å². The Bertz CT molecular complexity index is 753. The number of piperazine rings is 1. The summed E-state index contributed by atoms with van der Waals surface area (Å²) in [4.78, 5) is 2.24. The molecule has 0 aromatic heterocycles. The summed E-state index contributed by atoms with van der Waals surface area (Å²) in [6.07, 6.45) is -4.71. The lowest BCUT2D eigenvalue weighted by Gasteiger charge is -2.36. The summed E-state index contributed by atoms with van der Waals surface area (Å²) in [5.41, 5.74) is 1.70. The number of rotatable bonds is 4. The van der Waals surface area contributed by atoms with Crippen LogP contribution in [0.25, 0.3) is 0 Å². The Morgan fingerprint density at radius 2 is 1.57 bits per heavy atom. The van der Waals surface area contributed by atoms with E-state index in [0.29, 0.717) is 10.0 Å². The molecule has 1 fully saturated rings. The standard InChI is InChI=1S/C18H17Cl2F3N2O.2ClH/c19-13-3-6-15(16(20)11-13)17(25-9-7-24-8-10-25)12-1-4-14(5-2-12)26-18(21,22)23;;/h1-6,11,17,24H,7-10H2;2*1H/t17-;;/m0../s1. The normalized spacial score (nSPS) is 15.9. The van der Waals surface area contributed by atoms with Gasteiger partial charge in [-0.1, -0.05) is 41.4 Å². The van der Waals surface area contributed by atoms with Crippen molar-refractivity contribution in [3.8, 4) is 5.75 Å². The van der Waals surface area contributed by atoms with Crippen LogP contribution < -0.4 is 10.1 Å². The lowest BCUT2D eigenvalue weighted by molar-refractivity contribution is -0.274. The SMILES string of the molecule is Cl.Cl.FC(F)(F)Oc1ccc([C@@H](c2ccc(Cl)cc2Cl)N2CCNCC2)cc1. The second kappa shape index (κ2) is 10.8. The molecule has 1 heterocycles. The first-order valence-electron chi connectivity index (χ1n) is 8.09. The highest BCUT2D eigenvalue weighted by atomic mass is 35.5. The number of benzene rings is 2. The van der Waals surface area contributed by atoms with Gasteiger partial charge in [-0.2, -0.15) is 0 Å². The first kappa shape index (κ1) is 25.1. The van der Waals surface area contributed by atoms with Crippen LogP contribution >= 0.6 is 48.0 Å². The maximum atomic E-state index is 12.4. The first-order chi connectivity index (χ1) is 12.3. The molecule has 0 amide bonds. The van der Waals surface area contributed by atoms with Gasteiger partial charge in [-0.3, -0.25) is 4.90 Å². The average Bonchev–Trinajstić information content (AvgIpc) is 2.58. The zero-order valence-electron chi connectivity index (χ0n) is 14.5. The zero-order valence-corrected chi connectivity index (χ0v) is 17.7. The molecular formula is C18H19Cl4F3N2O. The van der Waals surface area contributed by atoms with Crippen LogP contribution in [-0.4, -0.2) is 37.4 Å². The quantitative estimate of drug-likeness (QED) is 0.608. The van der Waals surface area contributed by atoms with Crippen molar-refractivity contribution in [3.63, 3.8) is 0 Å². The number of ether oxygens (including phenoxy) is 1. The number of hydrogen-bond acceptors (Lipinski definition) is 3. The Hall–Kier alpha value is -0.890. The third-order valence-corrected chi connectivity index (χ3v) is 4.77. The summed E-state index contributed by atoms with van der Waals surface area (Å²) in [5, 5.41) is 4.35. The van der Waals surface area contributed by atoms with Gasteiger partial charge >= 0.3 is 6.36 Å².